The summed E-state index contributed by atoms with van der Waals surface area (Å²) >= 11 is 0. The fourth-order valence-electron chi connectivity index (χ4n) is 5.39. The van der Waals surface area contributed by atoms with E-state index in [4.69, 9.17) is 4.74 Å². The van der Waals surface area contributed by atoms with Crippen LogP contribution in [0.1, 0.15) is 88.2 Å². The van der Waals surface area contributed by atoms with Crippen LogP contribution in [0.15, 0.2) is 49.1 Å². The lowest BCUT2D eigenvalue weighted by molar-refractivity contribution is 0.125. The van der Waals surface area contributed by atoms with Gasteiger partial charge in [-0.3, -0.25) is 0 Å². The summed E-state index contributed by atoms with van der Waals surface area (Å²) < 4.78 is 5.68. The molecule has 154 valence electrons. The molecular weight excluding hydrogens is 340 g/mol. The van der Waals surface area contributed by atoms with Crippen LogP contribution in [0.5, 0.6) is 0 Å². The summed E-state index contributed by atoms with van der Waals surface area (Å²) in [5.41, 5.74) is 2.83. The second-order valence-corrected chi connectivity index (χ2v) is 9.07. The lowest BCUT2D eigenvalue weighted by Crippen LogP contribution is -2.25. The van der Waals surface area contributed by atoms with Gasteiger partial charge in [-0.25, -0.2) is 0 Å². The van der Waals surface area contributed by atoms with Crippen molar-refractivity contribution in [1.29, 1.82) is 0 Å². The van der Waals surface area contributed by atoms with Crippen molar-refractivity contribution in [1.82, 2.24) is 0 Å². The molecule has 0 N–H and O–H groups in total. The molecule has 0 aromatic heterocycles. The highest BCUT2D eigenvalue weighted by atomic mass is 16.5. The van der Waals surface area contributed by atoms with Crippen LogP contribution in [-0.2, 0) is 11.3 Å². The molecule has 2 aliphatic rings. The molecule has 2 aliphatic carbocycles. The van der Waals surface area contributed by atoms with Crippen molar-refractivity contribution < 1.29 is 4.74 Å². The lowest BCUT2D eigenvalue weighted by atomic mass is 9.68. The quantitative estimate of drug-likeness (QED) is 0.313. The maximum absolute atomic E-state index is 5.68. The van der Waals surface area contributed by atoms with Crippen LogP contribution < -0.4 is 0 Å². The Balaban J connectivity index is 1.40. The third-order valence-corrected chi connectivity index (χ3v) is 7.22. The third kappa shape index (κ3) is 6.34. The van der Waals surface area contributed by atoms with Gasteiger partial charge in [0.1, 0.15) is 0 Å². The van der Waals surface area contributed by atoms with Gasteiger partial charge in [0.25, 0.3) is 0 Å². The van der Waals surface area contributed by atoms with Crippen molar-refractivity contribution in [3.63, 3.8) is 0 Å². The zero-order chi connectivity index (χ0) is 19.6. The molecule has 0 bridgehead atoms. The molecule has 1 aromatic carbocycles. The first-order valence-corrected chi connectivity index (χ1v) is 11.7. The maximum atomic E-state index is 5.68. The first-order chi connectivity index (χ1) is 13.8. The predicted octanol–water partition coefficient (Wildman–Crippen LogP) is 7.83. The lowest BCUT2D eigenvalue weighted by Gasteiger charge is -2.38. The Labute approximate surface area is 173 Å². The van der Waals surface area contributed by atoms with Crippen molar-refractivity contribution >= 4 is 0 Å². The minimum Gasteiger partial charge on any atom is -0.376 e. The molecule has 28 heavy (non-hydrogen) atoms. The number of benzene rings is 1. The molecule has 0 unspecified atom stereocenters. The number of hydrogen-bond acceptors (Lipinski definition) is 1. The van der Waals surface area contributed by atoms with Crippen LogP contribution in [-0.4, -0.2) is 6.61 Å². The van der Waals surface area contributed by atoms with Crippen molar-refractivity contribution in [2.75, 3.05) is 6.61 Å². The summed E-state index contributed by atoms with van der Waals surface area (Å²) in [5, 5.41) is 0. The van der Waals surface area contributed by atoms with E-state index in [1.54, 1.807) is 5.56 Å². The maximum Gasteiger partial charge on any atom is 0.0717 e. The Kier molecular flexibility index (Phi) is 8.86. The molecule has 1 nitrogen and oxygen atoms in total. The number of hydrogen-bond donors (Lipinski definition) is 0. The van der Waals surface area contributed by atoms with E-state index in [1.807, 2.05) is 6.08 Å². The normalized spacial score (nSPS) is 28.5. The Bertz CT molecular complexity index is 583. The van der Waals surface area contributed by atoms with Gasteiger partial charge < -0.3 is 4.74 Å². The molecule has 0 saturated heterocycles. The van der Waals surface area contributed by atoms with Gasteiger partial charge >= 0.3 is 0 Å². The van der Waals surface area contributed by atoms with E-state index in [-0.39, 0.29) is 0 Å². The fourth-order valence-corrected chi connectivity index (χ4v) is 5.39. The smallest absolute Gasteiger partial charge is 0.0717 e. The fraction of sp³-hybridized carbons (Fsp3) is 0.630. The molecule has 0 amide bonds. The summed E-state index contributed by atoms with van der Waals surface area (Å²) in [5.74, 6) is 3.75. The van der Waals surface area contributed by atoms with E-state index >= 15 is 0 Å². The third-order valence-electron chi connectivity index (χ3n) is 7.22. The largest absolute Gasteiger partial charge is 0.376 e. The molecule has 0 spiro atoms. The molecule has 3 rings (SSSR count). The Morgan fingerprint density at radius 1 is 0.929 bits per heavy atom. The second-order valence-electron chi connectivity index (χ2n) is 9.07. The summed E-state index contributed by atoms with van der Waals surface area (Å²) in [4.78, 5) is 0. The molecule has 2 saturated carbocycles. The van der Waals surface area contributed by atoms with Gasteiger partial charge in [0.2, 0.25) is 0 Å². The standard InChI is InChI=1S/C27H40O/c1-3-5-7-22-8-12-24(13-9-22)26-16-18-27(19-17-26)25-14-10-23(11-15-25)21-28-20-6-4-2/h3-5,10-11,14-15,22,24,26-27H,2,6-9,12-13,16-21H2,1H3/b5-3+. The van der Waals surface area contributed by atoms with Crippen molar-refractivity contribution in [2.45, 2.75) is 83.7 Å². The highest BCUT2D eigenvalue weighted by Gasteiger charge is 2.30. The average molecular weight is 381 g/mol. The summed E-state index contributed by atoms with van der Waals surface area (Å²) in [7, 11) is 0. The van der Waals surface area contributed by atoms with E-state index in [0.717, 1.165) is 43.3 Å². The zero-order valence-electron chi connectivity index (χ0n) is 18.0. The summed E-state index contributed by atoms with van der Waals surface area (Å²) in [6.45, 7) is 7.37. The second kappa shape index (κ2) is 11.6. The molecule has 1 aromatic rings. The SMILES string of the molecule is C=CCCOCc1ccc(C2CCC(C3CCC(C/C=C/C)CC3)CC2)cc1. The van der Waals surface area contributed by atoms with Crippen molar-refractivity contribution in [2.24, 2.45) is 17.8 Å². The van der Waals surface area contributed by atoms with Gasteiger partial charge in [-0.05, 0) is 106 Å². The molecule has 0 heterocycles. The highest BCUT2D eigenvalue weighted by Crippen LogP contribution is 2.44. The minimum absolute atomic E-state index is 0.720. The van der Waals surface area contributed by atoms with Crippen LogP contribution in [0.3, 0.4) is 0 Å². The van der Waals surface area contributed by atoms with Crippen LogP contribution in [0.2, 0.25) is 0 Å². The number of allylic oxidation sites excluding steroid dienone is 2. The Hall–Kier alpha value is -1.34. The van der Waals surface area contributed by atoms with Gasteiger partial charge in [-0.1, -0.05) is 42.5 Å². The van der Waals surface area contributed by atoms with Crippen LogP contribution >= 0.6 is 0 Å². The van der Waals surface area contributed by atoms with Gasteiger partial charge in [0.05, 0.1) is 13.2 Å². The molecule has 2 fully saturated rings. The monoisotopic (exact) mass is 380 g/mol. The number of ether oxygens (including phenoxy) is 1. The first kappa shape index (κ1) is 21.4. The molecule has 1 heteroatoms. The predicted molar refractivity (Wildman–Crippen MR) is 120 cm³/mol. The molecular formula is C27H40O. The van der Waals surface area contributed by atoms with Crippen molar-refractivity contribution in [3.05, 3.63) is 60.2 Å². The molecule has 0 aliphatic heterocycles. The van der Waals surface area contributed by atoms with Crippen LogP contribution in [0.25, 0.3) is 0 Å². The van der Waals surface area contributed by atoms with E-state index in [1.165, 1.54) is 63.4 Å². The van der Waals surface area contributed by atoms with Gasteiger partial charge in [-0.15, -0.1) is 6.58 Å². The van der Waals surface area contributed by atoms with E-state index in [9.17, 15) is 0 Å². The van der Waals surface area contributed by atoms with Gasteiger partial charge in [0.15, 0.2) is 0 Å². The Morgan fingerprint density at radius 2 is 1.57 bits per heavy atom. The van der Waals surface area contributed by atoms with Gasteiger partial charge in [-0.2, -0.15) is 0 Å². The Morgan fingerprint density at radius 3 is 2.18 bits per heavy atom. The van der Waals surface area contributed by atoms with Crippen molar-refractivity contribution in [3.8, 4) is 0 Å². The highest BCUT2D eigenvalue weighted by molar-refractivity contribution is 5.25. The zero-order valence-corrected chi connectivity index (χ0v) is 18.0. The molecule has 0 radical (unpaired) electrons. The van der Waals surface area contributed by atoms with E-state index in [0.29, 0.717) is 0 Å². The molecule has 0 atom stereocenters. The first-order valence-electron chi connectivity index (χ1n) is 11.7. The topological polar surface area (TPSA) is 9.23 Å². The minimum atomic E-state index is 0.720. The summed E-state index contributed by atoms with van der Waals surface area (Å²) in [6, 6.07) is 9.23. The van der Waals surface area contributed by atoms with Crippen LogP contribution in [0.4, 0.5) is 0 Å². The summed E-state index contributed by atoms with van der Waals surface area (Å²) in [6.07, 6.45) is 20.3. The van der Waals surface area contributed by atoms with Crippen LogP contribution in [0, 0.1) is 17.8 Å². The van der Waals surface area contributed by atoms with E-state index < -0.39 is 0 Å². The average Bonchev–Trinajstić information content (AvgIpc) is 2.76. The van der Waals surface area contributed by atoms with Gasteiger partial charge in [0, 0.05) is 0 Å². The van der Waals surface area contributed by atoms with E-state index in [2.05, 4.69) is 49.9 Å². The number of rotatable bonds is 9.